The number of urea groups is 1. The zero-order chi connectivity index (χ0) is 36.3. The Balaban J connectivity index is 1.16. The maximum absolute atomic E-state index is 12.8. The van der Waals surface area contributed by atoms with Gasteiger partial charge in [0, 0.05) is 47.7 Å². The quantitative estimate of drug-likeness (QED) is 0.140. The van der Waals surface area contributed by atoms with Crippen LogP contribution in [0.3, 0.4) is 0 Å². The molecular formula is C43H43N5O4S. The number of nitrogens with zero attached hydrogens (tertiary/aromatic N) is 3. The maximum atomic E-state index is 12.8. The first-order valence-corrected chi connectivity index (χ1v) is 18.8. The van der Waals surface area contributed by atoms with E-state index in [4.69, 9.17) is 19.3 Å². The van der Waals surface area contributed by atoms with Crippen molar-refractivity contribution in [1.82, 2.24) is 20.0 Å². The van der Waals surface area contributed by atoms with Crippen LogP contribution in [0.15, 0.2) is 103 Å². The molecule has 1 aliphatic carbocycles. The Morgan fingerprint density at radius 2 is 1.60 bits per heavy atom. The predicted molar refractivity (Wildman–Crippen MR) is 210 cm³/mol. The van der Waals surface area contributed by atoms with E-state index in [1.54, 1.807) is 25.6 Å². The molecule has 2 aromatic heterocycles. The van der Waals surface area contributed by atoms with E-state index in [-0.39, 0.29) is 12.1 Å². The summed E-state index contributed by atoms with van der Waals surface area (Å²) in [5, 5.41) is 11.4. The Labute approximate surface area is 314 Å². The minimum Gasteiger partial charge on any atom is -0.497 e. The number of thiophene rings is 1. The largest absolute Gasteiger partial charge is 0.497 e. The average Bonchev–Trinajstić information content (AvgIpc) is 3.90. The molecule has 8 rings (SSSR count). The third-order valence-electron chi connectivity index (χ3n) is 10.0. The molecule has 10 heteroatoms. The van der Waals surface area contributed by atoms with Gasteiger partial charge < -0.3 is 24.8 Å². The third kappa shape index (κ3) is 7.44. The number of carbonyl (C=O) groups excluding carboxylic acids is 1. The van der Waals surface area contributed by atoms with Gasteiger partial charge in [0.1, 0.15) is 23.2 Å². The monoisotopic (exact) mass is 725 g/mol. The molecule has 4 aromatic carbocycles. The number of fused-ring (bicyclic) bond motifs is 3. The topological polar surface area (TPSA) is 89.9 Å². The molecule has 0 radical (unpaired) electrons. The standard InChI is InChI=1S/C43H43N5O4S/c1-28-5-4-6-33(23-28)45-43(49)44-26-36-16-18-39(53-36)40-38-25-32-24-29(27-47-19-21-52-22-20-47)7-17-37(32)42(38)48(46-40)41(30-8-12-34(50-2)13-9-30)31-10-14-35(51-3)15-11-31/h4-18,23-24,41H,19-22,25-27H2,1-3H3,(H2,44,45,49). The van der Waals surface area contributed by atoms with Crippen molar-refractivity contribution in [3.63, 3.8) is 0 Å². The van der Waals surface area contributed by atoms with E-state index in [1.165, 1.54) is 22.3 Å². The SMILES string of the molecule is COc1ccc(C(c2ccc(OC)cc2)n2nc(-c3ccc(CNC(=O)Nc4cccc(C)c4)s3)c3c2-c2ccc(CN4CCOCC4)cc2C3)cc1. The van der Waals surface area contributed by atoms with E-state index < -0.39 is 0 Å². The van der Waals surface area contributed by atoms with Crippen LogP contribution in [0.4, 0.5) is 10.5 Å². The molecule has 6 aromatic rings. The summed E-state index contributed by atoms with van der Waals surface area (Å²) in [6.07, 6.45) is 0.791. The van der Waals surface area contributed by atoms with Gasteiger partial charge in [-0.2, -0.15) is 5.10 Å². The highest BCUT2D eigenvalue weighted by atomic mass is 32.1. The fourth-order valence-electron chi connectivity index (χ4n) is 7.35. The molecule has 53 heavy (non-hydrogen) atoms. The van der Waals surface area contributed by atoms with Crippen LogP contribution in [-0.2, 0) is 24.2 Å². The second-order valence-electron chi connectivity index (χ2n) is 13.6. The fourth-order valence-corrected chi connectivity index (χ4v) is 8.31. The van der Waals surface area contributed by atoms with Crippen molar-refractivity contribution in [3.8, 4) is 33.3 Å². The zero-order valence-electron chi connectivity index (χ0n) is 30.2. The third-order valence-corrected chi connectivity index (χ3v) is 11.1. The van der Waals surface area contributed by atoms with E-state index in [9.17, 15) is 4.79 Å². The molecule has 0 unspecified atom stereocenters. The summed E-state index contributed by atoms with van der Waals surface area (Å²) in [6.45, 7) is 6.79. The van der Waals surface area contributed by atoms with Crippen molar-refractivity contribution in [3.05, 3.63) is 141 Å². The highest BCUT2D eigenvalue weighted by Crippen LogP contribution is 2.46. The molecule has 270 valence electrons. The molecule has 1 saturated heterocycles. The van der Waals surface area contributed by atoms with Gasteiger partial charge in [0.15, 0.2) is 0 Å². The normalized spacial score (nSPS) is 13.8. The number of benzene rings is 4. The Kier molecular flexibility index (Phi) is 9.99. The van der Waals surface area contributed by atoms with Gasteiger partial charge in [0.25, 0.3) is 0 Å². The van der Waals surface area contributed by atoms with Crippen molar-refractivity contribution < 1.29 is 19.0 Å². The Morgan fingerprint density at radius 1 is 0.887 bits per heavy atom. The molecular weight excluding hydrogens is 683 g/mol. The van der Waals surface area contributed by atoms with Crippen molar-refractivity contribution in [2.45, 2.75) is 32.5 Å². The second-order valence-corrected chi connectivity index (χ2v) is 14.7. The van der Waals surface area contributed by atoms with Crippen LogP contribution in [0.5, 0.6) is 11.5 Å². The van der Waals surface area contributed by atoms with E-state index in [2.05, 4.69) is 74.8 Å². The van der Waals surface area contributed by atoms with Gasteiger partial charge in [-0.25, -0.2) is 4.79 Å². The van der Waals surface area contributed by atoms with Crippen LogP contribution in [0, 0.1) is 6.92 Å². The molecule has 0 atom stereocenters. The summed E-state index contributed by atoms with van der Waals surface area (Å²) < 4.78 is 18.9. The summed E-state index contributed by atoms with van der Waals surface area (Å²) >= 11 is 1.66. The second kappa shape index (κ2) is 15.3. The Morgan fingerprint density at radius 3 is 2.28 bits per heavy atom. The maximum Gasteiger partial charge on any atom is 0.319 e. The Hall–Kier alpha value is -5.42. The number of carbonyl (C=O) groups is 1. The number of nitrogens with one attached hydrogen (secondary N) is 2. The van der Waals surface area contributed by atoms with Crippen LogP contribution in [0.25, 0.3) is 21.8 Å². The summed E-state index contributed by atoms with van der Waals surface area (Å²) in [6, 6.07) is 35.0. The highest BCUT2D eigenvalue weighted by Gasteiger charge is 2.33. The number of aromatic nitrogens is 2. The number of morpholine rings is 1. The molecule has 9 nitrogen and oxygen atoms in total. The molecule has 2 aliphatic rings. The summed E-state index contributed by atoms with van der Waals surface area (Å²) in [4.78, 5) is 17.4. The van der Waals surface area contributed by atoms with Crippen LogP contribution in [-0.4, -0.2) is 61.2 Å². The molecule has 0 spiro atoms. The predicted octanol–water partition coefficient (Wildman–Crippen LogP) is 8.30. The molecule has 0 saturated carbocycles. The molecule has 1 fully saturated rings. The van der Waals surface area contributed by atoms with Crippen LogP contribution in [0.2, 0.25) is 0 Å². The molecule has 2 N–H and O–H groups in total. The van der Waals surface area contributed by atoms with Crippen molar-refractivity contribution in [1.29, 1.82) is 0 Å². The summed E-state index contributed by atoms with van der Waals surface area (Å²) in [5.74, 6) is 1.61. The van der Waals surface area contributed by atoms with E-state index >= 15 is 0 Å². The van der Waals surface area contributed by atoms with Crippen molar-refractivity contribution >= 4 is 23.1 Å². The lowest BCUT2D eigenvalue weighted by Gasteiger charge is -2.26. The minimum atomic E-state index is -0.235. The van der Waals surface area contributed by atoms with E-state index in [1.807, 2.05) is 55.5 Å². The number of methoxy groups -OCH3 is 2. The number of aryl methyl sites for hydroxylation is 1. The zero-order valence-corrected chi connectivity index (χ0v) is 31.0. The molecule has 3 heterocycles. The number of rotatable bonds is 11. The molecule has 2 amide bonds. The molecule has 1 aliphatic heterocycles. The lowest BCUT2D eigenvalue weighted by molar-refractivity contribution is 0.0342. The lowest BCUT2D eigenvalue weighted by Crippen LogP contribution is -2.35. The van der Waals surface area contributed by atoms with Crippen molar-refractivity contribution in [2.75, 3.05) is 45.8 Å². The number of anilines is 1. The lowest BCUT2D eigenvalue weighted by atomic mass is 9.97. The van der Waals surface area contributed by atoms with Gasteiger partial charge in [-0.15, -0.1) is 11.3 Å². The first-order chi connectivity index (χ1) is 25.9. The van der Waals surface area contributed by atoms with Gasteiger partial charge >= 0.3 is 6.03 Å². The van der Waals surface area contributed by atoms with Gasteiger partial charge in [-0.1, -0.05) is 54.6 Å². The van der Waals surface area contributed by atoms with Crippen LogP contribution < -0.4 is 20.1 Å². The Bertz CT molecular complexity index is 2170. The van der Waals surface area contributed by atoms with Crippen LogP contribution >= 0.6 is 11.3 Å². The fraction of sp³-hybridized carbons (Fsp3) is 0.256. The summed E-state index contributed by atoms with van der Waals surface area (Å²) in [5.41, 5.74) is 11.2. The minimum absolute atomic E-state index is 0.209. The van der Waals surface area contributed by atoms with E-state index in [0.29, 0.717) is 6.54 Å². The number of hydrogen-bond acceptors (Lipinski definition) is 7. The van der Waals surface area contributed by atoms with Gasteiger partial charge in [-0.05, 0) is 83.3 Å². The van der Waals surface area contributed by atoms with Crippen LogP contribution in [0.1, 0.15) is 44.3 Å². The van der Waals surface area contributed by atoms with Gasteiger partial charge in [0.2, 0.25) is 0 Å². The highest BCUT2D eigenvalue weighted by molar-refractivity contribution is 7.15. The summed E-state index contributed by atoms with van der Waals surface area (Å²) in [7, 11) is 3.38. The van der Waals surface area contributed by atoms with Gasteiger partial charge in [-0.3, -0.25) is 9.58 Å². The number of ether oxygens (including phenoxy) is 3. The first kappa shape index (κ1) is 34.7. The number of amides is 2. The first-order valence-electron chi connectivity index (χ1n) is 18.0. The van der Waals surface area contributed by atoms with Crippen molar-refractivity contribution in [2.24, 2.45) is 0 Å². The number of hydrogen-bond donors (Lipinski definition) is 2. The smallest absolute Gasteiger partial charge is 0.319 e. The average molecular weight is 726 g/mol. The van der Waals surface area contributed by atoms with Gasteiger partial charge in [0.05, 0.1) is 44.5 Å². The molecule has 0 bridgehead atoms. The van der Waals surface area contributed by atoms with E-state index in [0.717, 1.165) is 94.3 Å².